The van der Waals surface area contributed by atoms with Crippen LogP contribution in [0, 0.1) is 0 Å². The van der Waals surface area contributed by atoms with Crippen LogP contribution in [0.25, 0.3) is 5.70 Å². The van der Waals surface area contributed by atoms with Crippen molar-refractivity contribution in [1.82, 2.24) is 9.80 Å². The largest absolute Gasteiger partial charge is 0.308 e. The molecule has 19 heavy (non-hydrogen) atoms. The van der Waals surface area contributed by atoms with Gasteiger partial charge in [0.2, 0.25) is 0 Å². The molecule has 2 rings (SSSR count). The summed E-state index contributed by atoms with van der Waals surface area (Å²) in [6.07, 6.45) is 1.63. The molecule has 0 fully saturated rings. The number of hydrogen-bond donors (Lipinski definition) is 0. The molecule has 0 N–H and O–H groups in total. The maximum Gasteiger partial charge on any atom is 0.251 e. The lowest BCUT2D eigenvalue weighted by Crippen LogP contribution is -2.34. The van der Waals surface area contributed by atoms with Crippen LogP contribution in [0.1, 0.15) is 5.56 Å². The number of nitrogens with zero attached hydrogens (tertiary/aromatic N) is 2. The zero-order valence-corrected chi connectivity index (χ0v) is 12.1. The van der Waals surface area contributed by atoms with Gasteiger partial charge in [-0.1, -0.05) is 30.3 Å². The molecule has 1 heterocycles. The van der Waals surface area contributed by atoms with E-state index in [1.807, 2.05) is 60.1 Å². The molecule has 0 radical (unpaired) electrons. The number of thioether (sulfide) groups is 1. The average molecular weight is 274 g/mol. The summed E-state index contributed by atoms with van der Waals surface area (Å²) in [5.41, 5.74) is 2.05. The second-order valence-corrected chi connectivity index (χ2v) is 5.38. The van der Waals surface area contributed by atoms with Crippen molar-refractivity contribution in [3.05, 3.63) is 52.8 Å². The molecule has 0 saturated carbocycles. The summed E-state index contributed by atoms with van der Waals surface area (Å²) in [5.74, 6) is 0.0435. The maximum absolute atomic E-state index is 12.2. The van der Waals surface area contributed by atoms with E-state index >= 15 is 0 Å². The second kappa shape index (κ2) is 6.59. The summed E-state index contributed by atoms with van der Waals surface area (Å²) in [4.78, 5) is 16.1. The van der Waals surface area contributed by atoms with Crippen LogP contribution in [-0.2, 0) is 4.79 Å². The third kappa shape index (κ3) is 3.72. The van der Waals surface area contributed by atoms with E-state index in [1.165, 1.54) is 0 Å². The van der Waals surface area contributed by atoms with Crippen molar-refractivity contribution in [3.63, 3.8) is 0 Å². The Hall–Kier alpha value is -1.52. The summed E-state index contributed by atoms with van der Waals surface area (Å²) < 4.78 is 0. The topological polar surface area (TPSA) is 23.6 Å². The van der Waals surface area contributed by atoms with Crippen LogP contribution in [0.2, 0.25) is 0 Å². The molecular formula is C15H18N2OS. The van der Waals surface area contributed by atoms with E-state index in [1.54, 1.807) is 17.8 Å². The average Bonchev–Trinajstić information content (AvgIpc) is 2.59. The number of carbonyl (C=O) groups is 1. The van der Waals surface area contributed by atoms with Crippen LogP contribution < -0.4 is 0 Å². The smallest absolute Gasteiger partial charge is 0.251 e. The molecule has 100 valence electrons. The molecule has 0 spiro atoms. The molecule has 1 amide bonds. The van der Waals surface area contributed by atoms with Gasteiger partial charge in [-0.3, -0.25) is 4.79 Å². The van der Waals surface area contributed by atoms with Crippen molar-refractivity contribution >= 4 is 23.4 Å². The van der Waals surface area contributed by atoms with Crippen LogP contribution >= 0.6 is 11.8 Å². The first-order valence-corrected chi connectivity index (χ1v) is 7.16. The predicted octanol–water partition coefficient (Wildman–Crippen LogP) is 2.64. The molecule has 1 aromatic carbocycles. The quantitative estimate of drug-likeness (QED) is 0.843. The molecule has 1 aliphatic rings. The second-order valence-electron chi connectivity index (χ2n) is 4.60. The van der Waals surface area contributed by atoms with Gasteiger partial charge in [-0.2, -0.15) is 0 Å². The minimum Gasteiger partial charge on any atom is -0.308 e. The van der Waals surface area contributed by atoms with E-state index in [4.69, 9.17) is 0 Å². The van der Waals surface area contributed by atoms with Gasteiger partial charge in [-0.15, -0.1) is 11.8 Å². The third-order valence-electron chi connectivity index (χ3n) is 2.87. The lowest BCUT2D eigenvalue weighted by Gasteiger charge is -2.25. The first kappa shape index (κ1) is 13.9. The highest BCUT2D eigenvalue weighted by Gasteiger charge is 2.19. The van der Waals surface area contributed by atoms with Gasteiger partial charge in [0, 0.05) is 19.2 Å². The van der Waals surface area contributed by atoms with Crippen LogP contribution in [0.5, 0.6) is 0 Å². The highest BCUT2D eigenvalue weighted by atomic mass is 32.2. The molecule has 0 aliphatic carbocycles. The Morgan fingerprint density at radius 3 is 2.63 bits per heavy atom. The van der Waals surface area contributed by atoms with Gasteiger partial charge >= 0.3 is 0 Å². The van der Waals surface area contributed by atoms with Gasteiger partial charge in [0.05, 0.1) is 5.70 Å². The van der Waals surface area contributed by atoms with E-state index in [2.05, 4.69) is 4.90 Å². The monoisotopic (exact) mass is 274 g/mol. The highest BCUT2D eigenvalue weighted by molar-refractivity contribution is 8.05. The summed E-state index contributed by atoms with van der Waals surface area (Å²) in [6, 6.07) is 10.0. The van der Waals surface area contributed by atoms with Gasteiger partial charge in [0.15, 0.2) is 0 Å². The van der Waals surface area contributed by atoms with Crippen LogP contribution in [-0.4, -0.2) is 42.9 Å². The Morgan fingerprint density at radius 1 is 1.21 bits per heavy atom. The SMILES string of the molecule is CN(C)CCN1C(=O)C=CSC=C1c1ccccc1. The highest BCUT2D eigenvalue weighted by Crippen LogP contribution is 2.26. The number of rotatable bonds is 4. The van der Waals surface area contributed by atoms with E-state index in [-0.39, 0.29) is 5.91 Å². The Balaban J connectivity index is 2.27. The zero-order valence-electron chi connectivity index (χ0n) is 11.2. The molecule has 1 aromatic rings. The van der Waals surface area contributed by atoms with Crippen LogP contribution in [0.4, 0.5) is 0 Å². The lowest BCUT2D eigenvalue weighted by molar-refractivity contribution is -0.123. The fourth-order valence-electron chi connectivity index (χ4n) is 1.84. The molecule has 0 atom stereocenters. The van der Waals surface area contributed by atoms with Crippen molar-refractivity contribution in [3.8, 4) is 0 Å². The summed E-state index contributed by atoms with van der Waals surface area (Å²) in [5, 5.41) is 3.87. The zero-order chi connectivity index (χ0) is 13.7. The van der Waals surface area contributed by atoms with Crippen molar-refractivity contribution in [1.29, 1.82) is 0 Å². The van der Waals surface area contributed by atoms with Crippen LogP contribution in [0.3, 0.4) is 0 Å². The van der Waals surface area contributed by atoms with Crippen LogP contribution in [0.15, 0.2) is 47.2 Å². The van der Waals surface area contributed by atoms with Gasteiger partial charge in [-0.05, 0) is 30.5 Å². The van der Waals surface area contributed by atoms with Gasteiger partial charge in [0.25, 0.3) is 5.91 Å². The standard InChI is InChI=1S/C15H18N2OS/c1-16(2)9-10-17-14(12-19-11-8-15(17)18)13-6-4-3-5-7-13/h3-8,11-12H,9-10H2,1-2H3. The number of carbonyl (C=O) groups excluding carboxylic acids is 1. The summed E-state index contributed by atoms with van der Waals surface area (Å²) >= 11 is 1.54. The molecular weight excluding hydrogens is 256 g/mol. The van der Waals surface area contributed by atoms with Crippen molar-refractivity contribution in [2.45, 2.75) is 0 Å². The predicted molar refractivity (Wildman–Crippen MR) is 81.4 cm³/mol. The number of hydrogen-bond acceptors (Lipinski definition) is 3. The molecule has 0 unspecified atom stereocenters. The first-order chi connectivity index (χ1) is 9.18. The number of amides is 1. The van der Waals surface area contributed by atoms with Crippen molar-refractivity contribution in [2.24, 2.45) is 0 Å². The lowest BCUT2D eigenvalue weighted by atomic mass is 10.1. The number of benzene rings is 1. The van der Waals surface area contributed by atoms with E-state index < -0.39 is 0 Å². The Labute approximate surface area is 118 Å². The van der Waals surface area contributed by atoms with E-state index in [0.29, 0.717) is 6.54 Å². The Kier molecular flexibility index (Phi) is 4.82. The Morgan fingerprint density at radius 2 is 1.95 bits per heavy atom. The fraction of sp³-hybridized carbons (Fsp3) is 0.267. The maximum atomic E-state index is 12.2. The third-order valence-corrected chi connectivity index (χ3v) is 3.52. The minimum absolute atomic E-state index is 0.0435. The minimum atomic E-state index is 0.0435. The number of likely N-dealkylation sites (N-methyl/N-ethyl adjacent to an activating group) is 1. The van der Waals surface area contributed by atoms with E-state index in [9.17, 15) is 4.79 Å². The molecule has 1 aliphatic heterocycles. The molecule has 3 nitrogen and oxygen atoms in total. The van der Waals surface area contributed by atoms with Gasteiger partial charge < -0.3 is 9.80 Å². The summed E-state index contributed by atoms with van der Waals surface area (Å²) in [6.45, 7) is 1.53. The first-order valence-electron chi connectivity index (χ1n) is 6.22. The van der Waals surface area contributed by atoms with Gasteiger partial charge in [-0.25, -0.2) is 0 Å². The van der Waals surface area contributed by atoms with Crippen molar-refractivity contribution in [2.75, 3.05) is 27.2 Å². The van der Waals surface area contributed by atoms with E-state index in [0.717, 1.165) is 17.8 Å². The van der Waals surface area contributed by atoms with Crippen molar-refractivity contribution < 1.29 is 4.79 Å². The molecule has 4 heteroatoms. The normalized spacial score (nSPS) is 15.6. The molecule has 0 saturated heterocycles. The Bertz CT molecular complexity index is 494. The molecule has 0 aromatic heterocycles. The summed E-state index contributed by atoms with van der Waals surface area (Å²) in [7, 11) is 4.03. The molecule has 0 bridgehead atoms. The fourth-order valence-corrected chi connectivity index (χ4v) is 2.50. The van der Waals surface area contributed by atoms with Gasteiger partial charge in [0.1, 0.15) is 0 Å².